The maximum Gasteiger partial charge on any atom is 0.155 e. The van der Waals surface area contributed by atoms with Gasteiger partial charge >= 0.3 is 0 Å². The van der Waals surface area contributed by atoms with Crippen LogP contribution < -0.4 is 0 Å². The van der Waals surface area contributed by atoms with Crippen molar-refractivity contribution in [2.45, 2.75) is 33.1 Å². The van der Waals surface area contributed by atoms with E-state index in [1.54, 1.807) is 0 Å². The number of allylic oxidation sites excluding steroid dienone is 12. The van der Waals surface area contributed by atoms with E-state index in [0.29, 0.717) is 18.3 Å². The van der Waals surface area contributed by atoms with Crippen LogP contribution in [0, 0.1) is 5.92 Å². The summed E-state index contributed by atoms with van der Waals surface area (Å²) in [5, 5.41) is 0. The fourth-order valence-corrected chi connectivity index (χ4v) is 9.91. The average molecular weight is 941 g/mol. The van der Waals surface area contributed by atoms with E-state index in [9.17, 15) is 0 Å². The maximum atomic E-state index is 5.39. The highest BCUT2D eigenvalue weighted by Crippen LogP contribution is 2.40. The van der Waals surface area contributed by atoms with Gasteiger partial charge < -0.3 is 0 Å². The van der Waals surface area contributed by atoms with Crippen molar-refractivity contribution < 1.29 is 0 Å². The van der Waals surface area contributed by atoms with Crippen molar-refractivity contribution in [3.8, 4) is 44.5 Å². The number of aliphatic imine (C=N–C) groups is 2. The molecule has 2 nitrogen and oxygen atoms in total. The molecule has 0 heterocycles. The summed E-state index contributed by atoms with van der Waals surface area (Å²) >= 11 is 0. The van der Waals surface area contributed by atoms with Crippen LogP contribution in [-0.2, 0) is 0 Å². The summed E-state index contributed by atoms with van der Waals surface area (Å²) in [5.74, 6) is 1.03. The standard InChI is InChI=1S/C71H60N2/c1-4-5-24-58(59-35-23-36-60(43-59)66-46-62(54-27-13-7-14-28-54)44-63(47-66)55-29-15-8-16-30-55)41-42-72-71(73-52(3)53-25-11-6-12-26-53)69-38-22-21-37-68(69)61-40-39-51(2)70(50-61)67-48-64(56-31-17-9-18-32-56)45-65(49-67)57-33-19-10-20-34-57/h4-9,11-19,21-38,40-41,43-51H,1,10,20,39,42H2,2-3H3/b24-5-,58-41-,72-71?,73-52?. The molecule has 1 unspecified atom stereocenters. The normalized spacial score (nSPS) is 15.2. The lowest BCUT2D eigenvalue weighted by Gasteiger charge is -2.24. The van der Waals surface area contributed by atoms with Crippen LogP contribution in [0.5, 0.6) is 0 Å². The second kappa shape index (κ2) is 23.0. The Morgan fingerprint density at radius 3 is 1.71 bits per heavy atom. The van der Waals surface area contributed by atoms with E-state index in [0.717, 1.165) is 63.9 Å². The van der Waals surface area contributed by atoms with Crippen molar-refractivity contribution in [2.24, 2.45) is 15.9 Å². The zero-order valence-corrected chi connectivity index (χ0v) is 41.8. The van der Waals surface area contributed by atoms with Gasteiger partial charge in [0.15, 0.2) is 5.84 Å². The fourth-order valence-electron chi connectivity index (χ4n) is 9.91. The molecule has 354 valence electrons. The van der Waals surface area contributed by atoms with Gasteiger partial charge in [-0.05, 0) is 169 Å². The van der Waals surface area contributed by atoms with Gasteiger partial charge in [0.25, 0.3) is 0 Å². The highest BCUT2D eigenvalue weighted by molar-refractivity contribution is 6.13. The SMILES string of the molecule is C=C/C=C\C(=C\CN=C(N=C(C)c1ccccc1)c1ccccc1C1=CCC(C)C(c2cc(C3=CCCC=C3)cc(-c3ccccc3)c2)=C1)c1cccc(-c2cc(-c3ccccc3)cc(-c3ccccc3)c2)c1. The summed E-state index contributed by atoms with van der Waals surface area (Å²) in [5.41, 5.74) is 22.0. The minimum Gasteiger partial charge on any atom is -0.262 e. The van der Waals surface area contributed by atoms with Crippen LogP contribution in [0.4, 0.5) is 0 Å². The maximum absolute atomic E-state index is 5.39. The topological polar surface area (TPSA) is 24.7 Å². The first-order valence-electron chi connectivity index (χ1n) is 25.6. The van der Waals surface area contributed by atoms with E-state index in [2.05, 4.69) is 263 Å². The Hall–Kier alpha value is -8.72. The first-order valence-corrected chi connectivity index (χ1v) is 25.6. The summed E-state index contributed by atoms with van der Waals surface area (Å²) in [6.07, 6.45) is 23.0. The predicted octanol–water partition coefficient (Wildman–Crippen LogP) is 18.7. The minimum absolute atomic E-state index is 0.335. The summed E-state index contributed by atoms with van der Waals surface area (Å²) in [4.78, 5) is 10.8. The Morgan fingerprint density at radius 2 is 1.08 bits per heavy atom. The molecule has 0 aliphatic heterocycles. The van der Waals surface area contributed by atoms with Gasteiger partial charge in [-0.3, -0.25) is 4.99 Å². The number of amidine groups is 1. The molecule has 0 radical (unpaired) electrons. The molecule has 2 heteroatoms. The van der Waals surface area contributed by atoms with Crippen LogP contribution in [0.25, 0.3) is 66.8 Å². The molecule has 2 aliphatic carbocycles. The molecule has 73 heavy (non-hydrogen) atoms. The first-order chi connectivity index (χ1) is 36.0. The highest BCUT2D eigenvalue weighted by atomic mass is 14.9. The molecule has 0 saturated heterocycles. The zero-order valence-electron chi connectivity index (χ0n) is 41.8. The number of hydrogen-bond acceptors (Lipinski definition) is 1. The molecule has 8 aromatic carbocycles. The number of hydrogen-bond donors (Lipinski definition) is 0. The van der Waals surface area contributed by atoms with E-state index in [-0.39, 0.29) is 0 Å². The molecular weight excluding hydrogens is 881 g/mol. The van der Waals surface area contributed by atoms with Gasteiger partial charge in [-0.1, -0.05) is 232 Å². The summed E-state index contributed by atoms with van der Waals surface area (Å²) in [6.45, 7) is 8.87. The molecule has 0 aromatic heterocycles. The molecule has 0 N–H and O–H groups in total. The van der Waals surface area contributed by atoms with E-state index in [1.165, 1.54) is 61.2 Å². The lowest BCUT2D eigenvalue weighted by atomic mass is 9.81. The van der Waals surface area contributed by atoms with E-state index >= 15 is 0 Å². The van der Waals surface area contributed by atoms with Crippen LogP contribution in [0.2, 0.25) is 0 Å². The third kappa shape index (κ3) is 11.6. The molecule has 0 bridgehead atoms. The third-order valence-corrected chi connectivity index (χ3v) is 13.8. The van der Waals surface area contributed by atoms with Crippen molar-refractivity contribution in [3.05, 3.63) is 301 Å². The van der Waals surface area contributed by atoms with Gasteiger partial charge in [0.1, 0.15) is 0 Å². The molecule has 0 saturated carbocycles. The summed E-state index contributed by atoms with van der Waals surface area (Å²) < 4.78 is 0. The molecule has 10 rings (SSSR count). The van der Waals surface area contributed by atoms with Crippen molar-refractivity contribution in [3.63, 3.8) is 0 Å². The van der Waals surface area contributed by atoms with Crippen LogP contribution in [0.1, 0.15) is 66.5 Å². The van der Waals surface area contributed by atoms with E-state index in [4.69, 9.17) is 9.98 Å². The molecule has 8 aromatic rings. The minimum atomic E-state index is 0.335. The van der Waals surface area contributed by atoms with Crippen molar-refractivity contribution in [1.29, 1.82) is 0 Å². The van der Waals surface area contributed by atoms with Crippen LogP contribution >= 0.6 is 0 Å². The Balaban J connectivity index is 1.03. The fraction of sp³-hybridized carbons (Fsp3) is 0.0986. The number of benzene rings is 8. The Labute approximate surface area is 432 Å². The second-order valence-electron chi connectivity index (χ2n) is 18.8. The van der Waals surface area contributed by atoms with Gasteiger partial charge in [-0.15, -0.1) is 0 Å². The van der Waals surface area contributed by atoms with Gasteiger partial charge in [0.2, 0.25) is 0 Å². The van der Waals surface area contributed by atoms with Crippen LogP contribution in [-0.4, -0.2) is 18.1 Å². The van der Waals surface area contributed by atoms with Crippen LogP contribution in [0.15, 0.2) is 278 Å². The molecule has 0 fully saturated rings. The molecule has 0 spiro atoms. The molecule has 1 atom stereocenters. The zero-order chi connectivity index (χ0) is 49.8. The van der Waals surface area contributed by atoms with E-state index in [1.807, 2.05) is 18.2 Å². The molecule has 2 aliphatic rings. The van der Waals surface area contributed by atoms with Crippen LogP contribution in [0.3, 0.4) is 0 Å². The van der Waals surface area contributed by atoms with E-state index < -0.39 is 0 Å². The summed E-state index contributed by atoms with van der Waals surface area (Å²) in [6, 6.07) is 74.0. The predicted molar refractivity (Wildman–Crippen MR) is 315 cm³/mol. The van der Waals surface area contributed by atoms with Crippen molar-refractivity contribution >= 4 is 33.8 Å². The number of rotatable bonds is 14. The van der Waals surface area contributed by atoms with Crippen molar-refractivity contribution in [2.75, 3.05) is 6.54 Å². The van der Waals surface area contributed by atoms with Gasteiger partial charge in [-0.2, -0.15) is 0 Å². The smallest absolute Gasteiger partial charge is 0.155 e. The molecule has 0 amide bonds. The third-order valence-electron chi connectivity index (χ3n) is 13.8. The number of nitrogens with zero attached hydrogens (tertiary/aromatic N) is 2. The second-order valence-corrected chi connectivity index (χ2v) is 18.8. The Bertz CT molecular complexity index is 3450. The Morgan fingerprint density at radius 1 is 0.534 bits per heavy atom. The quantitative estimate of drug-likeness (QED) is 0.0590. The van der Waals surface area contributed by atoms with Gasteiger partial charge in [-0.25, -0.2) is 4.99 Å². The Kier molecular flexibility index (Phi) is 15.1. The largest absolute Gasteiger partial charge is 0.262 e. The van der Waals surface area contributed by atoms with Crippen molar-refractivity contribution in [1.82, 2.24) is 0 Å². The lowest BCUT2D eigenvalue weighted by molar-refractivity contribution is 0.761. The van der Waals surface area contributed by atoms with Gasteiger partial charge in [0, 0.05) is 11.3 Å². The first kappa shape index (κ1) is 47.9. The summed E-state index contributed by atoms with van der Waals surface area (Å²) in [7, 11) is 0. The highest BCUT2D eigenvalue weighted by Gasteiger charge is 2.21. The van der Waals surface area contributed by atoms with Gasteiger partial charge in [0.05, 0.1) is 6.54 Å². The molecular formula is C71H60N2. The lowest BCUT2D eigenvalue weighted by Crippen LogP contribution is -2.09. The monoisotopic (exact) mass is 940 g/mol. The average Bonchev–Trinajstić information content (AvgIpc) is 3.46.